The molecule has 0 spiro atoms. The van der Waals surface area contributed by atoms with E-state index < -0.39 is 40.9 Å². The van der Waals surface area contributed by atoms with E-state index in [1.165, 1.54) is 7.11 Å². The van der Waals surface area contributed by atoms with E-state index in [9.17, 15) is 14.7 Å². The number of hydrogen-bond acceptors (Lipinski definition) is 6. The Morgan fingerprint density at radius 2 is 1.76 bits per heavy atom. The number of aldehydes is 1. The molecule has 120 valence electrons. The molecule has 4 atom stereocenters. The van der Waals surface area contributed by atoms with Crippen molar-refractivity contribution >= 4 is 12.3 Å². The number of carbonyl (C=O) groups is 2. The molecule has 2 fully saturated rings. The molecule has 2 rings (SSSR count). The Bertz CT molecular complexity index is 443. The quantitative estimate of drug-likeness (QED) is 0.601. The van der Waals surface area contributed by atoms with Crippen LogP contribution >= 0.6 is 0 Å². The van der Waals surface area contributed by atoms with Gasteiger partial charge in [-0.15, -0.1) is 0 Å². The molecule has 0 bridgehead atoms. The Morgan fingerprint density at radius 1 is 1.19 bits per heavy atom. The van der Waals surface area contributed by atoms with Gasteiger partial charge in [0.05, 0.1) is 30.5 Å². The first-order valence-electron chi connectivity index (χ1n) is 7.18. The molecular weight excluding hydrogens is 276 g/mol. The van der Waals surface area contributed by atoms with E-state index in [2.05, 4.69) is 4.74 Å². The van der Waals surface area contributed by atoms with E-state index in [1.54, 1.807) is 0 Å². The molecular formula is C15H24O6. The Morgan fingerprint density at radius 3 is 2.29 bits per heavy atom. The van der Waals surface area contributed by atoms with Gasteiger partial charge < -0.3 is 24.1 Å². The van der Waals surface area contributed by atoms with Crippen molar-refractivity contribution in [3.63, 3.8) is 0 Å². The normalized spacial score (nSPS) is 41.0. The Labute approximate surface area is 124 Å². The molecule has 0 aromatic rings. The molecule has 1 N–H and O–H groups in total. The van der Waals surface area contributed by atoms with Crippen LogP contribution in [0.2, 0.25) is 0 Å². The number of esters is 1. The van der Waals surface area contributed by atoms with Crippen LogP contribution in [-0.2, 0) is 23.8 Å². The largest absolute Gasteiger partial charge is 0.467 e. The van der Waals surface area contributed by atoms with Crippen molar-refractivity contribution < 1.29 is 28.9 Å². The second-order valence-electron chi connectivity index (χ2n) is 6.99. The van der Waals surface area contributed by atoms with Gasteiger partial charge in [-0.25, -0.2) is 4.79 Å². The fourth-order valence-electron chi connectivity index (χ4n) is 3.07. The zero-order valence-corrected chi connectivity index (χ0v) is 13.2. The second kappa shape index (κ2) is 5.04. The van der Waals surface area contributed by atoms with Crippen LogP contribution in [0.1, 0.15) is 40.5 Å². The van der Waals surface area contributed by atoms with Gasteiger partial charge in [-0.1, -0.05) is 0 Å². The number of rotatable bonds is 2. The Balaban J connectivity index is 2.31. The molecule has 6 heteroatoms. The molecule has 0 amide bonds. The minimum absolute atomic E-state index is 0.00971. The van der Waals surface area contributed by atoms with Gasteiger partial charge in [-0.05, 0) is 34.1 Å². The lowest BCUT2D eigenvalue weighted by molar-refractivity contribution is -0.319. The van der Waals surface area contributed by atoms with Gasteiger partial charge in [0.25, 0.3) is 0 Å². The van der Waals surface area contributed by atoms with Gasteiger partial charge in [-0.3, -0.25) is 0 Å². The van der Waals surface area contributed by atoms with Crippen molar-refractivity contribution in [3.8, 4) is 0 Å². The fourth-order valence-corrected chi connectivity index (χ4v) is 3.07. The highest BCUT2D eigenvalue weighted by molar-refractivity contribution is 5.80. The smallest absolute Gasteiger partial charge is 0.337 e. The van der Waals surface area contributed by atoms with E-state index in [-0.39, 0.29) is 12.8 Å². The van der Waals surface area contributed by atoms with Gasteiger partial charge in [0.1, 0.15) is 6.29 Å². The van der Waals surface area contributed by atoms with Crippen molar-refractivity contribution in [1.82, 2.24) is 0 Å². The summed E-state index contributed by atoms with van der Waals surface area (Å²) in [6.07, 6.45) is -0.211. The van der Waals surface area contributed by atoms with Crippen LogP contribution < -0.4 is 0 Å². The van der Waals surface area contributed by atoms with Crippen LogP contribution in [0.3, 0.4) is 0 Å². The topological polar surface area (TPSA) is 82.1 Å². The van der Waals surface area contributed by atoms with Gasteiger partial charge in [0, 0.05) is 12.3 Å². The molecule has 0 unspecified atom stereocenters. The lowest BCUT2D eigenvalue weighted by atomic mass is 9.73. The summed E-state index contributed by atoms with van der Waals surface area (Å²) in [7, 11) is 1.22. The Kier molecular flexibility index (Phi) is 3.93. The van der Waals surface area contributed by atoms with Crippen molar-refractivity contribution in [3.05, 3.63) is 0 Å². The van der Waals surface area contributed by atoms with Crippen molar-refractivity contribution in [2.24, 2.45) is 5.92 Å². The first kappa shape index (κ1) is 16.4. The van der Waals surface area contributed by atoms with E-state index in [0.29, 0.717) is 0 Å². The summed E-state index contributed by atoms with van der Waals surface area (Å²) in [5.74, 6) is -1.35. The van der Waals surface area contributed by atoms with Crippen molar-refractivity contribution in [1.29, 1.82) is 0 Å². The summed E-state index contributed by atoms with van der Waals surface area (Å²) >= 11 is 0. The molecule has 21 heavy (non-hydrogen) atoms. The highest BCUT2D eigenvalue weighted by Gasteiger charge is 2.58. The zero-order chi connectivity index (χ0) is 16.1. The predicted molar refractivity (Wildman–Crippen MR) is 73.7 cm³/mol. The van der Waals surface area contributed by atoms with Gasteiger partial charge in [0.2, 0.25) is 0 Å². The van der Waals surface area contributed by atoms with Gasteiger partial charge >= 0.3 is 5.97 Å². The number of aliphatic hydroxyl groups is 1. The monoisotopic (exact) mass is 300 g/mol. The third-order valence-electron chi connectivity index (χ3n) is 4.97. The maximum absolute atomic E-state index is 11.8. The maximum Gasteiger partial charge on any atom is 0.337 e. The summed E-state index contributed by atoms with van der Waals surface area (Å²) < 4.78 is 16.8. The number of hydrogen-bond donors (Lipinski definition) is 1. The van der Waals surface area contributed by atoms with Crippen LogP contribution in [-0.4, -0.2) is 53.5 Å². The van der Waals surface area contributed by atoms with E-state index in [4.69, 9.17) is 9.47 Å². The molecule has 0 aromatic carbocycles. The van der Waals surface area contributed by atoms with Crippen LogP contribution in [0.5, 0.6) is 0 Å². The first-order chi connectivity index (χ1) is 9.56. The van der Waals surface area contributed by atoms with Crippen LogP contribution in [0.4, 0.5) is 0 Å². The minimum Gasteiger partial charge on any atom is -0.467 e. The maximum atomic E-state index is 11.8. The van der Waals surface area contributed by atoms with Crippen LogP contribution in [0.15, 0.2) is 0 Å². The van der Waals surface area contributed by atoms with Gasteiger partial charge in [0.15, 0.2) is 5.60 Å². The number of ether oxygens (including phenoxy) is 3. The number of carbonyl (C=O) groups excluding carboxylic acids is 2. The summed E-state index contributed by atoms with van der Waals surface area (Å²) in [4.78, 5) is 23.2. The average Bonchev–Trinajstić information content (AvgIpc) is 2.38. The van der Waals surface area contributed by atoms with E-state index >= 15 is 0 Å². The third kappa shape index (κ3) is 2.60. The summed E-state index contributed by atoms with van der Waals surface area (Å²) in [6.45, 7) is 7.61. The van der Waals surface area contributed by atoms with Crippen LogP contribution in [0, 0.1) is 5.92 Å². The molecule has 2 aliphatic rings. The summed E-state index contributed by atoms with van der Waals surface area (Å²) in [6, 6.07) is 0. The molecule has 1 heterocycles. The second-order valence-corrected chi connectivity index (χ2v) is 6.99. The molecule has 0 aromatic heterocycles. The lowest BCUT2D eigenvalue weighted by Gasteiger charge is -2.56. The molecule has 6 nitrogen and oxygen atoms in total. The summed E-state index contributed by atoms with van der Waals surface area (Å²) in [5.41, 5.74) is -2.88. The Hall–Kier alpha value is -0.980. The minimum atomic E-state index is -1.71. The molecule has 1 aliphatic carbocycles. The first-order valence-corrected chi connectivity index (χ1v) is 7.18. The van der Waals surface area contributed by atoms with E-state index in [0.717, 1.165) is 6.29 Å². The average molecular weight is 300 g/mol. The predicted octanol–water partition coefficient (Wildman–Crippen LogP) is 0.841. The van der Waals surface area contributed by atoms with Crippen LogP contribution in [0.25, 0.3) is 0 Å². The standard InChI is InChI=1S/C15H24O6/c1-13(2)14(3,4)21-11-9(8-16)6-15(18,12(17)19-5)7-10(11)20-13/h8-11,18H,6-7H2,1-5H3/t9-,10+,11+,15-/m0/s1. The SMILES string of the molecule is COC(=O)[C@]1(O)C[C@@H](C=O)[C@H]2OC(C)(C)C(C)(C)O[C@@H]2C1. The third-order valence-corrected chi connectivity index (χ3v) is 4.97. The summed E-state index contributed by atoms with van der Waals surface area (Å²) in [5, 5.41) is 10.5. The highest BCUT2D eigenvalue weighted by Crippen LogP contribution is 2.46. The number of fused-ring (bicyclic) bond motifs is 1. The molecule has 1 saturated carbocycles. The van der Waals surface area contributed by atoms with Crippen molar-refractivity contribution in [2.75, 3.05) is 7.11 Å². The lowest BCUT2D eigenvalue weighted by Crippen LogP contribution is -2.66. The van der Waals surface area contributed by atoms with Crippen molar-refractivity contribution in [2.45, 2.75) is 69.5 Å². The van der Waals surface area contributed by atoms with Gasteiger partial charge in [-0.2, -0.15) is 0 Å². The van der Waals surface area contributed by atoms with E-state index in [1.807, 2.05) is 27.7 Å². The molecule has 0 radical (unpaired) electrons. The molecule has 1 aliphatic heterocycles. The molecule has 1 saturated heterocycles. The number of methoxy groups -OCH3 is 1. The highest BCUT2D eigenvalue weighted by atomic mass is 16.6. The fraction of sp³-hybridized carbons (Fsp3) is 0.867. The zero-order valence-electron chi connectivity index (χ0n) is 13.2.